The van der Waals surface area contributed by atoms with Crippen LogP contribution >= 0.6 is 0 Å². The molecule has 0 unspecified atom stereocenters. The monoisotopic (exact) mass is 205 g/mol. The van der Waals surface area contributed by atoms with Crippen LogP contribution in [-0.4, -0.2) is 30.2 Å². The first-order valence-corrected chi connectivity index (χ1v) is 4.88. The third-order valence-electron chi connectivity index (χ3n) is 2.39. The number of carbonyl (C=O) groups is 2. The van der Waals surface area contributed by atoms with Crippen molar-refractivity contribution in [2.45, 2.75) is 19.9 Å². The van der Waals surface area contributed by atoms with Crippen molar-refractivity contribution < 1.29 is 9.59 Å². The molecule has 1 amide bonds. The van der Waals surface area contributed by atoms with Crippen molar-refractivity contribution in [2.75, 3.05) is 7.05 Å². The zero-order valence-electron chi connectivity index (χ0n) is 9.23. The number of hydrogen-bond donors (Lipinski definition) is 0. The lowest BCUT2D eigenvalue weighted by Crippen LogP contribution is -2.32. The van der Waals surface area contributed by atoms with E-state index in [2.05, 4.69) is 0 Å². The summed E-state index contributed by atoms with van der Waals surface area (Å²) < 4.78 is 0. The maximum atomic E-state index is 11.8. The molecule has 0 N–H and O–H groups in total. The van der Waals surface area contributed by atoms with Crippen molar-refractivity contribution in [1.82, 2.24) is 4.90 Å². The molecule has 15 heavy (non-hydrogen) atoms. The minimum atomic E-state index is -0.0255. The highest BCUT2D eigenvalue weighted by Crippen LogP contribution is 2.07. The van der Waals surface area contributed by atoms with Crippen molar-refractivity contribution in [1.29, 1.82) is 0 Å². The van der Waals surface area contributed by atoms with Gasteiger partial charge in [0.05, 0.1) is 0 Å². The molecule has 0 aliphatic rings. The molecule has 1 rings (SSSR count). The molecule has 0 saturated carbocycles. The SMILES string of the molecule is CC(C)N(C)C(=O)c1ccc(C=O)cc1. The van der Waals surface area contributed by atoms with Crippen molar-refractivity contribution in [3.05, 3.63) is 35.4 Å². The molecule has 80 valence electrons. The summed E-state index contributed by atoms with van der Waals surface area (Å²) in [5.41, 5.74) is 1.19. The summed E-state index contributed by atoms with van der Waals surface area (Å²) in [6.07, 6.45) is 0.764. The van der Waals surface area contributed by atoms with Crippen LogP contribution in [0.4, 0.5) is 0 Å². The Morgan fingerprint density at radius 2 is 1.80 bits per heavy atom. The van der Waals surface area contributed by atoms with Crippen LogP contribution in [0, 0.1) is 0 Å². The molecular formula is C12H15NO2. The Morgan fingerprint density at radius 1 is 1.27 bits per heavy atom. The number of amides is 1. The normalized spacial score (nSPS) is 10.1. The van der Waals surface area contributed by atoms with Crippen LogP contribution in [0.2, 0.25) is 0 Å². The van der Waals surface area contributed by atoms with Gasteiger partial charge < -0.3 is 4.90 Å². The van der Waals surface area contributed by atoms with Gasteiger partial charge >= 0.3 is 0 Å². The molecule has 0 aliphatic heterocycles. The van der Waals surface area contributed by atoms with E-state index in [1.54, 1.807) is 36.2 Å². The number of aldehydes is 1. The average Bonchev–Trinajstić information content (AvgIpc) is 2.27. The molecule has 0 saturated heterocycles. The molecule has 0 bridgehead atoms. The second-order valence-corrected chi connectivity index (χ2v) is 3.75. The Bertz CT molecular complexity index is 354. The van der Waals surface area contributed by atoms with E-state index < -0.39 is 0 Å². The lowest BCUT2D eigenvalue weighted by Gasteiger charge is -2.21. The van der Waals surface area contributed by atoms with Crippen LogP contribution in [-0.2, 0) is 0 Å². The molecule has 1 aromatic carbocycles. The van der Waals surface area contributed by atoms with Gasteiger partial charge in [-0.1, -0.05) is 12.1 Å². The van der Waals surface area contributed by atoms with Crippen LogP contribution in [0.25, 0.3) is 0 Å². The quantitative estimate of drug-likeness (QED) is 0.707. The summed E-state index contributed by atoms with van der Waals surface area (Å²) in [6.45, 7) is 3.91. The van der Waals surface area contributed by atoms with Crippen LogP contribution in [0.15, 0.2) is 24.3 Å². The van der Waals surface area contributed by atoms with Gasteiger partial charge in [0.25, 0.3) is 5.91 Å². The summed E-state index contributed by atoms with van der Waals surface area (Å²) in [6, 6.07) is 6.81. The van der Waals surface area contributed by atoms with Crippen molar-refractivity contribution >= 4 is 12.2 Å². The maximum Gasteiger partial charge on any atom is 0.253 e. The molecule has 0 heterocycles. The first kappa shape index (κ1) is 11.4. The number of rotatable bonds is 3. The molecule has 3 nitrogen and oxygen atoms in total. The lowest BCUT2D eigenvalue weighted by molar-refractivity contribution is 0.0754. The first-order chi connectivity index (χ1) is 7.06. The molecule has 0 radical (unpaired) electrons. The van der Waals surface area contributed by atoms with Crippen LogP contribution in [0.3, 0.4) is 0 Å². The fourth-order valence-corrected chi connectivity index (χ4v) is 1.14. The molecule has 1 aromatic rings. The minimum absolute atomic E-state index is 0.0255. The summed E-state index contributed by atoms with van der Waals surface area (Å²) in [4.78, 5) is 23.9. The largest absolute Gasteiger partial charge is 0.339 e. The number of benzene rings is 1. The third kappa shape index (κ3) is 2.65. The highest BCUT2D eigenvalue weighted by Gasteiger charge is 2.13. The van der Waals surface area contributed by atoms with Crippen molar-refractivity contribution in [2.24, 2.45) is 0 Å². The smallest absolute Gasteiger partial charge is 0.253 e. The van der Waals surface area contributed by atoms with Gasteiger partial charge in [-0.25, -0.2) is 0 Å². The predicted octanol–water partition coefficient (Wildman–Crippen LogP) is 1.98. The van der Waals surface area contributed by atoms with Gasteiger partial charge in [0.1, 0.15) is 6.29 Å². The van der Waals surface area contributed by atoms with E-state index in [9.17, 15) is 9.59 Å². The lowest BCUT2D eigenvalue weighted by atomic mass is 10.1. The van der Waals surface area contributed by atoms with E-state index in [-0.39, 0.29) is 11.9 Å². The number of hydrogen-bond acceptors (Lipinski definition) is 2. The van der Waals surface area contributed by atoms with Gasteiger partial charge in [-0.15, -0.1) is 0 Å². The summed E-state index contributed by atoms with van der Waals surface area (Å²) in [7, 11) is 1.76. The second-order valence-electron chi connectivity index (χ2n) is 3.75. The highest BCUT2D eigenvalue weighted by molar-refractivity contribution is 5.94. The van der Waals surface area contributed by atoms with E-state index in [0.29, 0.717) is 11.1 Å². The van der Waals surface area contributed by atoms with E-state index in [1.807, 2.05) is 13.8 Å². The molecule has 0 atom stereocenters. The second kappa shape index (κ2) is 4.73. The predicted molar refractivity (Wildman–Crippen MR) is 59.1 cm³/mol. The fraction of sp³-hybridized carbons (Fsp3) is 0.333. The molecule has 0 fully saturated rings. The van der Waals surface area contributed by atoms with Crippen molar-refractivity contribution in [3.63, 3.8) is 0 Å². The minimum Gasteiger partial charge on any atom is -0.339 e. The summed E-state index contributed by atoms with van der Waals surface area (Å²) in [5.74, 6) is -0.0255. The zero-order valence-corrected chi connectivity index (χ0v) is 9.23. The average molecular weight is 205 g/mol. The van der Waals surface area contributed by atoms with Gasteiger partial charge in [-0.3, -0.25) is 9.59 Å². The Kier molecular flexibility index (Phi) is 3.61. The first-order valence-electron chi connectivity index (χ1n) is 4.88. The van der Waals surface area contributed by atoms with Gasteiger partial charge in [0.15, 0.2) is 0 Å². The number of carbonyl (C=O) groups excluding carboxylic acids is 2. The summed E-state index contributed by atoms with van der Waals surface area (Å²) >= 11 is 0. The van der Waals surface area contributed by atoms with Gasteiger partial charge in [-0.05, 0) is 26.0 Å². The van der Waals surface area contributed by atoms with Gasteiger partial charge in [0.2, 0.25) is 0 Å². The standard InChI is InChI=1S/C12H15NO2/c1-9(2)13(3)12(15)11-6-4-10(8-14)5-7-11/h4-9H,1-3H3. The topological polar surface area (TPSA) is 37.4 Å². The maximum absolute atomic E-state index is 11.8. The Morgan fingerprint density at radius 3 is 2.20 bits per heavy atom. The third-order valence-corrected chi connectivity index (χ3v) is 2.39. The van der Waals surface area contributed by atoms with Gasteiger partial charge in [-0.2, -0.15) is 0 Å². The van der Waals surface area contributed by atoms with Gasteiger partial charge in [0, 0.05) is 24.2 Å². The van der Waals surface area contributed by atoms with E-state index in [0.717, 1.165) is 6.29 Å². The van der Waals surface area contributed by atoms with Crippen LogP contribution in [0.1, 0.15) is 34.6 Å². The van der Waals surface area contributed by atoms with E-state index in [1.165, 1.54) is 0 Å². The van der Waals surface area contributed by atoms with Crippen molar-refractivity contribution in [3.8, 4) is 0 Å². The summed E-state index contributed by atoms with van der Waals surface area (Å²) in [5, 5.41) is 0. The molecular weight excluding hydrogens is 190 g/mol. The van der Waals surface area contributed by atoms with E-state index >= 15 is 0 Å². The van der Waals surface area contributed by atoms with E-state index in [4.69, 9.17) is 0 Å². The van der Waals surface area contributed by atoms with Crippen LogP contribution in [0.5, 0.6) is 0 Å². The van der Waals surface area contributed by atoms with Crippen LogP contribution < -0.4 is 0 Å². The Labute approximate surface area is 89.7 Å². The zero-order chi connectivity index (χ0) is 11.4. The highest BCUT2D eigenvalue weighted by atomic mass is 16.2. The Balaban J connectivity index is 2.87. The molecule has 0 spiro atoms. The Hall–Kier alpha value is -1.64. The molecule has 0 aliphatic carbocycles. The fourth-order valence-electron chi connectivity index (χ4n) is 1.14. The number of nitrogens with zero attached hydrogens (tertiary/aromatic N) is 1. The molecule has 0 aromatic heterocycles. The molecule has 3 heteroatoms.